The number of para-hydroxylation sites is 2. The molecule has 0 aliphatic rings. The molecule has 0 saturated heterocycles. The van der Waals surface area contributed by atoms with Crippen LogP contribution in [0.25, 0.3) is 11.3 Å². The maximum Gasteiger partial charge on any atom is 0.251 e. The van der Waals surface area contributed by atoms with Crippen LogP contribution in [0.15, 0.2) is 84.9 Å². The van der Waals surface area contributed by atoms with Crippen LogP contribution in [0, 0.1) is 5.82 Å². The number of hydrogen-bond acceptors (Lipinski definition) is 5. The molecule has 1 heterocycles. The Kier molecular flexibility index (Phi) is 6.36. The number of ether oxygens (including phenoxy) is 2. The maximum absolute atomic E-state index is 13.0. The molecule has 1 N–H and O–H groups in total. The number of benzene rings is 3. The predicted molar refractivity (Wildman–Crippen MR) is 118 cm³/mol. The largest absolute Gasteiger partial charge is 0.493 e. The number of carbonyl (C=O) groups is 1. The van der Waals surface area contributed by atoms with E-state index in [0.717, 1.165) is 11.1 Å². The number of carbonyl (C=O) groups excluding carboxylic acids is 1. The number of halogens is 1. The van der Waals surface area contributed by atoms with Crippen LogP contribution in [-0.2, 0) is 6.54 Å². The van der Waals surface area contributed by atoms with Crippen LogP contribution in [0.3, 0.4) is 0 Å². The summed E-state index contributed by atoms with van der Waals surface area (Å²) in [6.45, 7) is 0.319. The first-order valence-electron chi connectivity index (χ1n) is 9.90. The Morgan fingerprint density at radius 2 is 1.59 bits per heavy atom. The van der Waals surface area contributed by atoms with E-state index in [4.69, 9.17) is 9.47 Å². The highest BCUT2D eigenvalue weighted by Gasteiger charge is 2.09. The zero-order valence-electron chi connectivity index (χ0n) is 17.3. The van der Waals surface area contributed by atoms with E-state index in [-0.39, 0.29) is 11.7 Å². The first-order valence-corrected chi connectivity index (χ1v) is 9.90. The van der Waals surface area contributed by atoms with Gasteiger partial charge in [0.1, 0.15) is 5.82 Å². The summed E-state index contributed by atoms with van der Waals surface area (Å²) in [7, 11) is 1.57. The first-order chi connectivity index (χ1) is 15.6. The molecule has 0 bridgehead atoms. The van der Waals surface area contributed by atoms with Crippen LogP contribution in [0.2, 0.25) is 0 Å². The van der Waals surface area contributed by atoms with Gasteiger partial charge in [-0.25, -0.2) is 4.39 Å². The third kappa shape index (κ3) is 5.07. The van der Waals surface area contributed by atoms with Gasteiger partial charge in [-0.15, -0.1) is 10.2 Å². The van der Waals surface area contributed by atoms with Gasteiger partial charge in [-0.1, -0.05) is 36.4 Å². The topological polar surface area (TPSA) is 73.3 Å². The first kappa shape index (κ1) is 21.0. The van der Waals surface area contributed by atoms with E-state index < -0.39 is 0 Å². The van der Waals surface area contributed by atoms with E-state index >= 15 is 0 Å². The Morgan fingerprint density at radius 3 is 2.25 bits per heavy atom. The summed E-state index contributed by atoms with van der Waals surface area (Å²) < 4.78 is 24.0. The van der Waals surface area contributed by atoms with Gasteiger partial charge in [0.15, 0.2) is 11.5 Å². The van der Waals surface area contributed by atoms with E-state index in [9.17, 15) is 9.18 Å². The Bertz CT molecular complexity index is 1190. The van der Waals surface area contributed by atoms with Crippen molar-refractivity contribution in [3.63, 3.8) is 0 Å². The molecule has 0 radical (unpaired) electrons. The van der Waals surface area contributed by atoms with Crippen molar-refractivity contribution in [2.45, 2.75) is 6.54 Å². The summed E-state index contributed by atoms with van der Waals surface area (Å²) in [5.41, 5.74) is 2.80. The molecule has 4 rings (SSSR count). The second kappa shape index (κ2) is 9.70. The summed E-state index contributed by atoms with van der Waals surface area (Å²) in [4.78, 5) is 12.4. The van der Waals surface area contributed by atoms with Gasteiger partial charge in [0.2, 0.25) is 5.88 Å². The van der Waals surface area contributed by atoms with Gasteiger partial charge in [-0.05, 0) is 48.0 Å². The van der Waals surface area contributed by atoms with E-state index in [2.05, 4.69) is 15.5 Å². The molecule has 0 spiro atoms. The Labute approximate surface area is 184 Å². The molecule has 0 unspecified atom stereocenters. The van der Waals surface area contributed by atoms with Crippen molar-refractivity contribution < 1.29 is 18.7 Å². The van der Waals surface area contributed by atoms with Crippen molar-refractivity contribution in [3.05, 3.63) is 102 Å². The highest BCUT2D eigenvalue weighted by atomic mass is 19.1. The van der Waals surface area contributed by atoms with Gasteiger partial charge in [0.25, 0.3) is 5.91 Å². The number of nitrogens with one attached hydrogen (secondary N) is 1. The van der Waals surface area contributed by atoms with Crippen molar-refractivity contribution in [1.29, 1.82) is 0 Å². The SMILES string of the molecule is COc1ccccc1Oc1ccc(-c2ccc(C(=O)NCc3ccc(F)cc3)cc2)nn1. The van der Waals surface area contributed by atoms with Crippen molar-refractivity contribution >= 4 is 5.91 Å². The lowest BCUT2D eigenvalue weighted by Crippen LogP contribution is -2.22. The molecule has 3 aromatic carbocycles. The van der Waals surface area contributed by atoms with Gasteiger partial charge >= 0.3 is 0 Å². The Morgan fingerprint density at radius 1 is 0.875 bits per heavy atom. The van der Waals surface area contributed by atoms with Gasteiger partial charge in [0, 0.05) is 23.7 Å². The molecule has 1 amide bonds. The minimum absolute atomic E-state index is 0.215. The van der Waals surface area contributed by atoms with Crippen LogP contribution in [0.5, 0.6) is 17.4 Å². The normalized spacial score (nSPS) is 10.4. The maximum atomic E-state index is 13.0. The molecule has 6 nitrogen and oxygen atoms in total. The minimum Gasteiger partial charge on any atom is -0.493 e. The number of nitrogens with zero attached hydrogens (tertiary/aromatic N) is 2. The summed E-state index contributed by atoms with van der Waals surface area (Å²) in [6.07, 6.45) is 0. The summed E-state index contributed by atoms with van der Waals surface area (Å²) in [5.74, 6) is 0.973. The fourth-order valence-electron chi connectivity index (χ4n) is 3.02. The van der Waals surface area contributed by atoms with Crippen molar-refractivity contribution in [1.82, 2.24) is 15.5 Å². The lowest BCUT2D eigenvalue weighted by molar-refractivity contribution is 0.0951. The standard InChI is InChI=1S/C25H20FN3O3/c1-31-22-4-2-3-5-23(22)32-24-15-14-21(28-29-24)18-8-10-19(11-9-18)25(30)27-16-17-6-12-20(26)13-7-17/h2-15H,16H2,1H3,(H,27,30). The van der Waals surface area contributed by atoms with Crippen LogP contribution in [-0.4, -0.2) is 23.2 Å². The molecular weight excluding hydrogens is 409 g/mol. The molecule has 0 fully saturated rings. The molecule has 4 aromatic rings. The van der Waals surface area contributed by atoms with Gasteiger partial charge < -0.3 is 14.8 Å². The molecule has 0 atom stereocenters. The lowest BCUT2D eigenvalue weighted by atomic mass is 10.1. The fraction of sp³-hybridized carbons (Fsp3) is 0.0800. The highest BCUT2D eigenvalue weighted by molar-refractivity contribution is 5.94. The van der Waals surface area contributed by atoms with Crippen molar-refractivity contribution in [3.8, 4) is 28.6 Å². The third-order valence-electron chi connectivity index (χ3n) is 4.73. The molecule has 7 heteroatoms. The number of aromatic nitrogens is 2. The zero-order valence-corrected chi connectivity index (χ0v) is 17.3. The minimum atomic E-state index is -0.307. The predicted octanol–water partition coefficient (Wildman–Crippen LogP) is 5.01. The monoisotopic (exact) mass is 429 g/mol. The molecule has 1 aromatic heterocycles. The van der Waals surface area contributed by atoms with Gasteiger partial charge in [-0.3, -0.25) is 4.79 Å². The van der Waals surface area contributed by atoms with E-state index in [1.54, 1.807) is 67.8 Å². The van der Waals surface area contributed by atoms with Crippen molar-refractivity contribution in [2.24, 2.45) is 0 Å². The fourth-order valence-corrected chi connectivity index (χ4v) is 3.02. The van der Waals surface area contributed by atoms with Crippen LogP contribution < -0.4 is 14.8 Å². The van der Waals surface area contributed by atoms with Gasteiger partial charge in [-0.2, -0.15) is 0 Å². The molecule has 0 aliphatic carbocycles. The van der Waals surface area contributed by atoms with Crippen LogP contribution >= 0.6 is 0 Å². The Hall–Kier alpha value is -4.26. The third-order valence-corrected chi connectivity index (χ3v) is 4.73. The molecule has 160 valence electrons. The number of rotatable bonds is 7. The van der Waals surface area contributed by atoms with Gasteiger partial charge in [0.05, 0.1) is 12.8 Å². The lowest BCUT2D eigenvalue weighted by Gasteiger charge is -2.09. The van der Waals surface area contributed by atoms with Crippen molar-refractivity contribution in [2.75, 3.05) is 7.11 Å². The average molecular weight is 429 g/mol. The smallest absolute Gasteiger partial charge is 0.251 e. The van der Waals surface area contributed by atoms with E-state index in [1.807, 2.05) is 12.1 Å². The number of amides is 1. The quantitative estimate of drug-likeness (QED) is 0.447. The summed E-state index contributed by atoms with van der Waals surface area (Å²) >= 11 is 0. The average Bonchev–Trinajstić information content (AvgIpc) is 2.84. The van der Waals surface area contributed by atoms with Crippen LogP contribution in [0.1, 0.15) is 15.9 Å². The number of methoxy groups -OCH3 is 1. The summed E-state index contributed by atoms with van der Waals surface area (Å²) in [6, 6.07) is 23.8. The Balaban J connectivity index is 1.39. The van der Waals surface area contributed by atoms with Crippen LogP contribution in [0.4, 0.5) is 4.39 Å². The molecule has 0 saturated carbocycles. The molecular formula is C25H20FN3O3. The highest BCUT2D eigenvalue weighted by Crippen LogP contribution is 2.30. The molecule has 32 heavy (non-hydrogen) atoms. The number of hydrogen-bond donors (Lipinski definition) is 1. The second-order valence-electron chi connectivity index (χ2n) is 6.90. The zero-order chi connectivity index (χ0) is 22.3. The second-order valence-corrected chi connectivity index (χ2v) is 6.90. The van der Waals surface area contributed by atoms with E-state index in [0.29, 0.717) is 35.2 Å². The summed E-state index contributed by atoms with van der Waals surface area (Å²) in [5, 5.41) is 11.1. The molecule has 0 aliphatic heterocycles. The van der Waals surface area contributed by atoms with E-state index in [1.165, 1.54) is 12.1 Å².